The molecule has 0 aliphatic carbocycles. The first-order valence-electron chi connectivity index (χ1n) is 6.41. The van der Waals surface area contributed by atoms with Crippen LogP contribution in [0.2, 0.25) is 0 Å². The highest BCUT2D eigenvalue weighted by Crippen LogP contribution is 2.11. The number of carboxylic acids is 1. The van der Waals surface area contributed by atoms with Gasteiger partial charge in [0.25, 0.3) is 0 Å². The Balaban J connectivity index is 2.40. The number of carbonyl (C=O) groups excluding carboxylic acids is 1. The zero-order chi connectivity index (χ0) is 15.0. The van der Waals surface area contributed by atoms with Crippen LogP contribution in [0.5, 0.6) is 5.75 Å². The quantitative estimate of drug-likeness (QED) is 0.791. The van der Waals surface area contributed by atoms with E-state index in [4.69, 9.17) is 9.84 Å². The molecule has 5 nitrogen and oxygen atoms in total. The van der Waals surface area contributed by atoms with Gasteiger partial charge in [-0.15, -0.1) is 0 Å². The minimum Gasteiger partial charge on any atom is -0.493 e. The van der Waals surface area contributed by atoms with Crippen LogP contribution in [-0.4, -0.2) is 41.6 Å². The van der Waals surface area contributed by atoms with Crippen molar-refractivity contribution >= 4 is 11.9 Å². The molecule has 0 aliphatic heterocycles. The van der Waals surface area contributed by atoms with Gasteiger partial charge in [-0.25, -0.2) is 4.39 Å². The van der Waals surface area contributed by atoms with Gasteiger partial charge in [0.15, 0.2) is 0 Å². The summed E-state index contributed by atoms with van der Waals surface area (Å²) >= 11 is 0. The Bertz CT molecular complexity index is 447. The van der Waals surface area contributed by atoms with Gasteiger partial charge < -0.3 is 14.7 Å². The van der Waals surface area contributed by atoms with Crippen molar-refractivity contribution in [3.63, 3.8) is 0 Å². The summed E-state index contributed by atoms with van der Waals surface area (Å²) in [6, 6.07) is 5.48. The highest BCUT2D eigenvalue weighted by atomic mass is 19.1. The van der Waals surface area contributed by atoms with Crippen molar-refractivity contribution in [1.29, 1.82) is 0 Å². The van der Waals surface area contributed by atoms with E-state index in [0.29, 0.717) is 18.7 Å². The van der Waals surface area contributed by atoms with Crippen LogP contribution in [0.4, 0.5) is 4.39 Å². The van der Waals surface area contributed by atoms with Gasteiger partial charge in [0.2, 0.25) is 5.91 Å². The summed E-state index contributed by atoms with van der Waals surface area (Å²) in [5, 5.41) is 8.73. The van der Waals surface area contributed by atoms with Gasteiger partial charge in [0.1, 0.15) is 18.1 Å². The minimum atomic E-state index is -1.04. The Hall–Kier alpha value is -2.11. The summed E-state index contributed by atoms with van der Waals surface area (Å²) in [5.74, 6) is -1.19. The molecule has 20 heavy (non-hydrogen) atoms. The van der Waals surface area contributed by atoms with Crippen LogP contribution in [0, 0.1) is 5.82 Å². The van der Waals surface area contributed by atoms with Crippen LogP contribution >= 0.6 is 0 Å². The second kappa shape index (κ2) is 8.14. The van der Waals surface area contributed by atoms with E-state index >= 15 is 0 Å². The molecule has 0 saturated heterocycles. The molecule has 0 heterocycles. The molecule has 1 amide bonds. The number of carboxylic acid groups (broad SMARTS) is 1. The zero-order valence-corrected chi connectivity index (χ0v) is 11.3. The van der Waals surface area contributed by atoms with Gasteiger partial charge >= 0.3 is 5.97 Å². The molecule has 0 spiro atoms. The molecule has 0 aliphatic rings. The maximum atomic E-state index is 12.7. The van der Waals surface area contributed by atoms with Gasteiger partial charge in [-0.2, -0.15) is 0 Å². The SMILES string of the molecule is CCCN(CC(=O)O)C(=O)CCOc1ccc(F)cc1. The molecule has 6 heteroatoms. The van der Waals surface area contributed by atoms with E-state index in [9.17, 15) is 14.0 Å². The number of ether oxygens (including phenoxy) is 1. The molecule has 0 aromatic heterocycles. The maximum Gasteiger partial charge on any atom is 0.323 e. The third-order valence-corrected chi connectivity index (χ3v) is 2.57. The Kier molecular flexibility index (Phi) is 6.49. The van der Waals surface area contributed by atoms with E-state index in [1.165, 1.54) is 29.2 Å². The third kappa shape index (κ3) is 5.69. The third-order valence-electron chi connectivity index (χ3n) is 2.57. The molecule has 0 radical (unpaired) electrons. The lowest BCUT2D eigenvalue weighted by atomic mass is 10.3. The average molecular weight is 283 g/mol. The van der Waals surface area contributed by atoms with Crippen molar-refractivity contribution in [2.24, 2.45) is 0 Å². The summed E-state index contributed by atoms with van der Waals surface area (Å²) in [4.78, 5) is 23.8. The van der Waals surface area contributed by atoms with Crippen molar-refractivity contribution in [3.05, 3.63) is 30.1 Å². The van der Waals surface area contributed by atoms with Crippen molar-refractivity contribution in [1.82, 2.24) is 4.90 Å². The lowest BCUT2D eigenvalue weighted by molar-refractivity contribution is -0.144. The molecular formula is C14H18FNO4. The summed E-state index contributed by atoms with van der Waals surface area (Å²) in [6.07, 6.45) is 0.780. The number of hydrogen-bond acceptors (Lipinski definition) is 3. The van der Waals surface area contributed by atoms with Crippen molar-refractivity contribution in [2.45, 2.75) is 19.8 Å². The number of benzene rings is 1. The monoisotopic (exact) mass is 283 g/mol. The molecule has 0 saturated carbocycles. The summed E-state index contributed by atoms with van der Waals surface area (Å²) in [6.45, 7) is 2.10. The van der Waals surface area contributed by atoms with Gasteiger partial charge in [0.05, 0.1) is 13.0 Å². The fraction of sp³-hybridized carbons (Fsp3) is 0.429. The number of rotatable bonds is 8. The lowest BCUT2D eigenvalue weighted by Gasteiger charge is -2.19. The standard InChI is InChI=1S/C14H18FNO4/c1-2-8-16(10-14(18)19)13(17)7-9-20-12-5-3-11(15)4-6-12/h3-6H,2,7-10H2,1H3,(H,18,19). The number of carbonyl (C=O) groups is 2. The second-order valence-corrected chi connectivity index (χ2v) is 4.26. The molecule has 1 aromatic rings. The fourth-order valence-corrected chi connectivity index (χ4v) is 1.67. The van der Waals surface area contributed by atoms with E-state index < -0.39 is 5.97 Å². The number of amides is 1. The average Bonchev–Trinajstić information content (AvgIpc) is 2.40. The van der Waals surface area contributed by atoms with E-state index in [2.05, 4.69) is 0 Å². The van der Waals surface area contributed by atoms with Crippen molar-refractivity contribution in [2.75, 3.05) is 19.7 Å². The van der Waals surface area contributed by atoms with Gasteiger partial charge in [0, 0.05) is 6.54 Å². The summed E-state index contributed by atoms with van der Waals surface area (Å²) in [5.41, 5.74) is 0. The van der Waals surface area contributed by atoms with Gasteiger partial charge in [-0.3, -0.25) is 9.59 Å². The van der Waals surface area contributed by atoms with Crippen molar-refractivity contribution < 1.29 is 23.8 Å². The molecule has 1 aromatic carbocycles. The Morgan fingerprint density at radius 3 is 2.50 bits per heavy atom. The fourth-order valence-electron chi connectivity index (χ4n) is 1.67. The second-order valence-electron chi connectivity index (χ2n) is 4.26. The summed E-state index contributed by atoms with van der Waals surface area (Å²) < 4.78 is 18.0. The van der Waals surface area contributed by atoms with E-state index in [-0.39, 0.29) is 31.3 Å². The van der Waals surface area contributed by atoms with Crippen LogP contribution in [0.15, 0.2) is 24.3 Å². The first-order valence-corrected chi connectivity index (χ1v) is 6.41. The van der Waals surface area contributed by atoms with Gasteiger partial charge in [-0.1, -0.05) is 6.92 Å². The largest absolute Gasteiger partial charge is 0.493 e. The minimum absolute atomic E-state index is 0.0880. The van der Waals surface area contributed by atoms with Crippen LogP contribution in [0.25, 0.3) is 0 Å². The lowest BCUT2D eigenvalue weighted by Crippen LogP contribution is -2.36. The number of nitrogens with zero attached hydrogens (tertiary/aromatic N) is 1. The topological polar surface area (TPSA) is 66.8 Å². The van der Waals surface area contributed by atoms with Gasteiger partial charge in [-0.05, 0) is 30.7 Å². The molecule has 0 fully saturated rings. The smallest absolute Gasteiger partial charge is 0.323 e. The molecular weight excluding hydrogens is 265 g/mol. The molecule has 0 atom stereocenters. The van der Waals surface area contributed by atoms with Crippen molar-refractivity contribution in [3.8, 4) is 5.75 Å². The molecule has 110 valence electrons. The highest BCUT2D eigenvalue weighted by molar-refractivity contribution is 5.81. The Labute approximate surface area is 117 Å². The highest BCUT2D eigenvalue weighted by Gasteiger charge is 2.15. The van der Waals surface area contributed by atoms with Crippen LogP contribution < -0.4 is 4.74 Å². The van der Waals surface area contributed by atoms with E-state index in [1.807, 2.05) is 6.92 Å². The predicted octanol–water partition coefficient (Wildman–Crippen LogP) is 1.92. The predicted molar refractivity (Wildman–Crippen MR) is 71.0 cm³/mol. The first kappa shape index (κ1) is 15.9. The van der Waals surface area contributed by atoms with Crippen LogP contribution in [-0.2, 0) is 9.59 Å². The van der Waals surface area contributed by atoms with Crippen LogP contribution in [0.1, 0.15) is 19.8 Å². The Morgan fingerprint density at radius 1 is 1.30 bits per heavy atom. The molecule has 1 N–H and O–H groups in total. The first-order chi connectivity index (χ1) is 9.52. The van der Waals surface area contributed by atoms with Crippen LogP contribution in [0.3, 0.4) is 0 Å². The number of aliphatic carboxylic acids is 1. The zero-order valence-electron chi connectivity index (χ0n) is 11.3. The number of halogens is 1. The normalized spacial score (nSPS) is 10.1. The maximum absolute atomic E-state index is 12.7. The number of hydrogen-bond donors (Lipinski definition) is 1. The molecule has 0 unspecified atom stereocenters. The molecule has 1 rings (SSSR count). The van der Waals surface area contributed by atoms with E-state index in [0.717, 1.165) is 0 Å². The molecule has 0 bridgehead atoms. The van der Waals surface area contributed by atoms with E-state index in [1.54, 1.807) is 0 Å². The Morgan fingerprint density at radius 2 is 1.95 bits per heavy atom. The summed E-state index contributed by atoms with van der Waals surface area (Å²) in [7, 11) is 0.